The van der Waals surface area contributed by atoms with Crippen LogP contribution in [0.1, 0.15) is 19.4 Å². The molecule has 0 spiro atoms. The summed E-state index contributed by atoms with van der Waals surface area (Å²) in [7, 11) is 0. The van der Waals surface area contributed by atoms with Crippen molar-refractivity contribution in [2.45, 2.75) is 20.8 Å². The van der Waals surface area contributed by atoms with E-state index < -0.39 is 0 Å². The molecule has 0 fully saturated rings. The molecule has 1 N–H and O–H groups in total. The number of amides is 1. The van der Waals surface area contributed by atoms with Gasteiger partial charge in [0.15, 0.2) is 6.61 Å². The molecular formula is C13H18BrNO2. The molecule has 0 heterocycles. The second-order valence-corrected chi connectivity index (χ2v) is 5.31. The van der Waals surface area contributed by atoms with Crippen LogP contribution >= 0.6 is 15.9 Å². The lowest BCUT2D eigenvalue weighted by molar-refractivity contribution is -0.123. The summed E-state index contributed by atoms with van der Waals surface area (Å²) < 4.78 is 6.41. The Morgan fingerprint density at radius 1 is 1.47 bits per heavy atom. The minimum absolute atomic E-state index is 0.0595. The van der Waals surface area contributed by atoms with Gasteiger partial charge in [0.25, 0.3) is 5.91 Å². The summed E-state index contributed by atoms with van der Waals surface area (Å²) in [5, 5.41) is 2.81. The molecule has 0 aliphatic heterocycles. The van der Waals surface area contributed by atoms with Crippen molar-refractivity contribution < 1.29 is 9.53 Å². The molecule has 0 saturated carbocycles. The maximum absolute atomic E-state index is 11.5. The molecule has 0 radical (unpaired) electrons. The van der Waals surface area contributed by atoms with Crippen LogP contribution in [0.25, 0.3) is 0 Å². The average Bonchev–Trinajstić information content (AvgIpc) is 2.27. The minimum atomic E-state index is -0.0851. The van der Waals surface area contributed by atoms with Gasteiger partial charge in [-0.2, -0.15) is 0 Å². The Balaban J connectivity index is 2.44. The Kier molecular flexibility index (Phi) is 5.48. The summed E-state index contributed by atoms with van der Waals surface area (Å²) in [4.78, 5) is 11.5. The molecule has 1 aromatic carbocycles. The maximum atomic E-state index is 11.5. The number of carbonyl (C=O) groups is 1. The largest absolute Gasteiger partial charge is 0.483 e. The van der Waals surface area contributed by atoms with Crippen molar-refractivity contribution in [3.63, 3.8) is 0 Å². The third-order valence-corrected chi connectivity index (χ3v) is 2.71. The zero-order valence-electron chi connectivity index (χ0n) is 10.4. The second kappa shape index (κ2) is 6.64. The van der Waals surface area contributed by atoms with Gasteiger partial charge in [-0.25, -0.2) is 0 Å². The van der Waals surface area contributed by atoms with E-state index in [1.807, 2.05) is 25.1 Å². The maximum Gasteiger partial charge on any atom is 0.257 e. The minimum Gasteiger partial charge on any atom is -0.483 e. The topological polar surface area (TPSA) is 38.3 Å². The summed E-state index contributed by atoms with van der Waals surface area (Å²) in [5.41, 5.74) is 1.02. The van der Waals surface area contributed by atoms with E-state index in [4.69, 9.17) is 4.74 Å². The van der Waals surface area contributed by atoms with E-state index in [9.17, 15) is 4.79 Å². The van der Waals surface area contributed by atoms with Gasteiger partial charge >= 0.3 is 0 Å². The zero-order chi connectivity index (χ0) is 12.8. The fourth-order valence-electron chi connectivity index (χ4n) is 1.24. The molecule has 0 aliphatic carbocycles. The first-order valence-corrected chi connectivity index (χ1v) is 6.44. The number of hydrogen-bond donors (Lipinski definition) is 1. The Morgan fingerprint density at radius 3 is 2.82 bits per heavy atom. The van der Waals surface area contributed by atoms with Crippen molar-refractivity contribution in [3.8, 4) is 5.75 Å². The number of rotatable bonds is 5. The van der Waals surface area contributed by atoms with E-state index in [-0.39, 0.29) is 12.5 Å². The average molecular weight is 300 g/mol. The molecule has 17 heavy (non-hydrogen) atoms. The van der Waals surface area contributed by atoms with Crippen LogP contribution in [0.2, 0.25) is 0 Å². The third-order valence-electron chi connectivity index (χ3n) is 2.22. The fraction of sp³-hybridized carbons (Fsp3) is 0.462. The van der Waals surface area contributed by atoms with Gasteiger partial charge in [0.05, 0.1) is 0 Å². The van der Waals surface area contributed by atoms with Crippen molar-refractivity contribution in [1.29, 1.82) is 0 Å². The number of carbonyl (C=O) groups excluding carboxylic acids is 1. The fourth-order valence-corrected chi connectivity index (χ4v) is 1.58. The van der Waals surface area contributed by atoms with Gasteiger partial charge in [-0.3, -0.25) is 4.79 Å². The van der Waals surface area contributed by atoms with Crippen LogP contribution in [-0.4, -0.2) is 19.1 Å². The number of halogens is 1. The van der Waals surface area contributed by atoms with Crippen molar-refractivity contribution >= 4 is 21.8 Å². The Morgan fingerprint density at radius 2 is 2.18 bits per heavy atom. The third kappa shape index (κ3) is 5.22. The molecule has 4 heteroatoms. The lowest BCUT2D eigenvalue weighted by atomic mass is 10.2. The Labute approximate surface area is 111 Å². The molecule has 3 nitrogen and oxygen atoms in total. The summed E-state index contributed by atoms with van der Waals surface area (Å²) >= 11 is 3.37. The molecule has 1 amide bonds. The smallest absolute Gasteiger partial charge is 0.257 e. The number of nitrogens with one attached hydrogen (secondary N) is 1. The van der Waals surface area contributed by atoms with Crippen molar-refractivity contribution in [1.82, 2.24) is 5.32 Å². The summed E-state index contributed by atoms with van der Waals surface area (Å²) in [5.74, 6) is 1.10. The molecule has 0 saturated heterocycles. The van der Waals surface area contributed by atoms with Crippen molar-refractivity contribution in [2.75, 3.05) is 13.2 Å². The number of benzene rings is 1. The predicted molar refractivity (Wildman–Crippen MR) is 72.2 cm³/mol. The summed E-state index contributed by atoms with van der Waals surface area (Å²) in [6, 6.07) is 5.76. The van der Waals surface area contributed by atoms with Gasteiger partial charge in [-0.05, 0) is 30.5 Å². The van der Waals surface area contributed by atoms with Gasteiger partial charge < -0.3 is 10.1 Å². The summed E-state index contributed by atoms with van der Waals surface area (Å²) in [6.45, 7) is 6.80. The van der Waals surface area contributed by atoms with E-state index in [2.05, 4.69) is 35.1 Å². The normalized spacial score (nSPS) is 10.4. The van der Waals surface area contributed by atoms with Crippen LogP contribution in [0.15, 0.2) is 22.7 Å². The first-order chi connectivity index (χ1) is 7.99. The van der Waals surface area contributed by atoms with E-state index >= 15 is 0 Å². The Bertz CT molecular complexity index is 391. The van der Waals surface area contributed by atoms with Gasteiger partial charge in [-0.1, -0.05) is 35.8 Å². The summed E-state index contributed by atoms with van der Waals surface area (Å²) in [6.07, 6.45) is 0. The van der Waals surface area contributed by atoms with Crippen LogP contribution < -0.4 is 10.1 Å². The van der Waals surface area contributed by atoms with Crippen LogP contribution in [0.4, 0.5) is 0 Å². The van der Waals surface area contributed by atoms with E-state index in [1.165, 1.54) is 0 Å². The quantitative estimate of drug-likeness (QED) is 0.908. The van der Waals surface area contributed by atoms with Gasteiger partial charge in [-0.15, -0.1) is 0 Å². The van der Waals surface area contributed by atoms with Crippen molar-refractivity contribution in [2.24, 2.45) is 5.92 Å². The van der Waals surface area contributed by atoms with Gasteiger partial charge in [0.1, 0.15) is 5.75 Å². The lowest BCUT2D eigenvalue weighted by Crippen LogP contribution is -2.31. The van der Waals surface area contributed by atoms with E-state index in [0.29, 0.717) is 12.5 Å². The molecule has 0 atom stereocenters. The van der Waals surface area contributed by atoms with Crippen LogP contribution in [0.3, 0.4) is 0 Å². The highest BCUT2D eigenvalue weighted by atomic mass is 79.9. The molecular weight excluding hydrogens is 282 g/mol. The van der Waals surface area contributed by atoms with E-state index in [1.54, 1.807) is 0 Å². The lowest BCUT2D eigenvalue weighted by Gasteiger charge is -2.11. The van der Waals surface area contributed by atoms with Crippen molar-refractivity contribution in [3.05, 3.63) is 28.2 Å². The first-order valence-electron chi connectivity index (χ1n) is 5.64. The SMILES string of the molecule is Cc1ccc(Br)cc1OCC(=O)NCC(C)C. The molecule has 1 aromatic rings. The molecule has 1 rings (SSSR count). The van der Waals surface area contributed by atoms with Crippen LogP contribution in [0.5, 0.6) is 5.75 Å². The highest BCUT2D eigenvalue weighted by molar-refractivity contribution is 9.10. The highest BCUT2D eigenvalue weighted by Gasteiger charge is 2.05. The first kappa shape index (κ1) is 14.0. The number of aryl methyl sites for hydroxylation is 1. The monoisotopic (exact) mass is 299 g/mol. The number of ether oxygens (including phenoxy) is 1. The van der Waals surface area contributed by atoms with Crippen LogP contribution in [0, 0.1) is 12.8 Å². The Hall–Kier alpha value is -1.03. The second-order valence-electron chi connectivity index (χ2n) is 4.40. The highest BCUT2D eigenvalue weighted by Crippen LogP contribution is 2.22. The molecule has 94 valence electrons. The predicted octanol–water partition coefficient (Wildman–Crippen LogP) is 2.91. The molecule has 0 aromatic heterocycles. The number of hydrogen-bond acceptors (Lipinski definition) is 2. The molecule has 0 bridgehead atoms. The molecule has 0 aliphatic rings. The standard InChI is InChI=1S/C13H18BrNO2/c1-9(2)7-15-13(16)8-17-12-6-11(14)5-4-10(12)3/h4-6,9H,7-8H2,1-3H3,(H,15,16). The molecule has 0 unspecified atom stereocenters. The zero-order valence-corrected chi connectivity index (χ0v) is 12.0. The van der Waals surface area contributed by atoms with Gasteiger partial charge in [0.2, 0.25) is 0 Å². The van der Waals surface area contributed by atoms with Gasteiger partial charge in [0, 0.05) is 11.0 Å². The van der Waals surface area contributed by atoms with Crippen LogP contribution in [-0.2, 0) is 4.79 Å². The van der Waals surface area contributed by atoms with E-state index in [0.717, 1.165) is 15.8 Å².